The lowest BCUT2D eigenvalue weighted by Crippen LogP contribution is -2.43. The van der Waals surface area contributed by atoms with Crippen molar-refractivity contribution in [1.29, 1.82) is 0 Å². The number of nitrogens with one attached hydrogen (secondary N) is 1. The topological polar surface area (TPSA) is 49.4 Å². The monoisotopic (exact) mass is 420 g/mol. The Balaban J connectivity index is 1.37. The zero-order valence-electron chi connectivity index (χ0n) is 17.0. The third kappa shape index (κ3) is 4.34. The first-order valence-electron chi connectivity index (χ1n) is 10.4. The van der Waals surface area contributed by atoms with Crippen LogP contribution < -0.4 is 5.32 Å². The van der Waals surface area contributed by atoms with Crippen LogP contribution in [0.3, 0.4) is 0 Å². The van der Waals surface area contributed by atoms with Crippen LogP contribution in [0.15, 0.2) is 66.7 Å². The summed E-state index contributed by atoms with van der Waals surface area (Å²) in [6.45, 7) is 3.14. The second kappa shape index (κ2) is 8.88. The van der Waals surface area contributed by atoms with E-state index in [0.29, 0.717) is 31.0 Å². The quantitative estimate of drug-likeness (QED) is 0.628. The normalized spacial score (nSPS) is 15.7. The van der Waals surface area contributed by atoms with Crippen LogP contribution in [0.25, 0.3) is 10.8 Å². The minimum absolute atomic E-state index is 0.0398. The van der Waals surface area contributed by atoms with Crippen molar-refractivity contribution in [1.82, 2.24) is 10.2 Å². The molecule has 1 saturated heterocycles. The van der Waals surface area contributed by atoms with Gasteiger partial charge in [-0.1, -0.05) is 60.1 Å². The number of benzene rings is 3. The Labute approximate surface area is 181 Å². The number of halogens is 1. The molecule has 3 aromatic rings. The molecule has 1 aliphatic rings. The number of fused-ring (bicyclic) bond motifs is 1. The summed E-state index contributed by atoms with van der Waals surface area (Å²) >= 11 is 6.06. The van der Waals surface area contributed by atoms with Crippen molar-refractivity contribution < 1.29 is 9.59 Å². The number of hydrogen-bond donors (Lipinski definition) is 1. The number of rotatable bonds is 4. The maximum atomic E-state index is 13.1. The van der Waals surface area contributed by atoms with Crippen molar-refractivity contribution in [3.8, 4) is 0 Å². The van der Waals surface area contributed by atoms with Gasteiger partial charge in [-0.2, -0.15) is 0 Å². The number of hydrogen-bond acceptors (Lipinski definition) is 2. The van der Waals surface area contributed by atoms with Crippen molar-refractivity contribution >= 4 is 34.2 Å². The lowest BCUT2D eigenvalue weighted by Gasteiger charge is -2.32. The van der Waals surface area contributed by atoms with Gasteiger partial charge >= 0.3 is 0 Å². The molecule has 1 N–H and O–H groups in total. The number of amides is 2. The highest BCUT2D eigenvalue weighted by Gasteiger charge is 2.29. The third-order valence-corrected chi connectivity index (χ3v) is 6.12. The Morgan fingerprint density at radius 2 is 1.70 bits per heavy atom. The van der Waals surface area contributed by atoms with Gasteiger partial charge in [-0.15, -0.1) is 0 Å². The summed E-state index contributed by atoms with van der Waals surface area (Å²) in [5, 5.41) is 5.79. The van der Waals surface area contributed by atoms with E-state index < -0.39 is 0 Å². The van der Waals surface area contributed by atoms with Crippen LogP contribution in [0.1, 0.15) is 41.7 Å². The molecule has 3 aromatic carbocycles. The molecule has 1 aliphatic heterocycles. The maximum absolute atomic E-state index is 13.1. The van der Waals surface area contributed by atoms with E-state index >= 15 is 0 Å². The second-order valence-corrected chi connectivity index (χ2v) is 8.31. The number of carbonyl (C=O) groups excluding carboxylic acids is 2. The fourth-order valence-corrected chi connectivity index (χ4v) is 4.32. The van der Waals surface area contributed by atoms with Crippen molar-refractivity contribution in [2.75, 3.05) is 13.1 Å². The van der Waals surface area contributed by atoms with Crippen molar-refractivity contribution in [2.24, 2.45) is 5.92 Å². The summed E-state index contributed by atoms with van der Waals surface area (Å²) in [6, 6.07) is 21.2. The molecule has 1 fully saturated rings. The Kier molecular flexibility index (Phi) is 6.05. The highest BCUT2D eigenvalue weighted by atomic mass is 35.5. The molecule has 154 valence electrons. The lowest BCUT2D eigenvalue weighted by atomic mass is 9.94. The molecule has 5 heteroatoms. The summed E-state index contributed by atoms with van der Waals surface area (Å²) in [4.78, 5) is 27.7. The van der Waals surface area contributed by atoms with E-state index in [0.717, 1.165) is 21.9 Å². The number of nitrogens with zero attached hydrogens (tertiary/aromatic N) is 1. The van der Waals surface area contributed by atoms with Crippen molar-refractivity contribution in [2.45, 2.75) is 25.8 Å². The molecule has 0 radical (unpaired) electrons. The number of piperidine rings is 1. The molecule has 0 saturated carbocycles. The van der Waals surface area contributed by atoms with Crippen LogP contribution in [0, 0.1) is 5.92 Å². The van der Waals surface area contributed by atoms with E-state index in [4.69, 9.17) is 11.6 Å². The smallest absolute Gasteiger partial charge is 0.254 e. The number of likely N-dealkylation sites (tertiary alicyclic amines) is 1. The van der Waals surface area contributed by atoms with Crippen LogP contribution >= 0.6 is 11.6 Å². The maximum Gasteiger partial charge on any atom is 0.254 e. The molecule has 0 bridgehead atoms. The van der Waals surface area contributed by atoms with Crippen LogP contribution in [0.5, 0.6) is 0 Å². The van der Waals surface area contributed by atoms with Gasteiger partial charge in [0.05, 0.1) is 6.04 Å². The third-order valence-electron chi connectivity index (χ3n) is 5.88. The number of carbonyl (C=O) groups is 2. The Bertz CT molecular complexity index is 1070. The Morgan fingerprint density at radius 1 is 1.00 bits per heavy atom. The van der Waals surface area contributed by atoms with Gasteiger partial charge in [-0.05, 0) is 54.3 Å². The molecule has 0 unspecified atom stereocenters. The minimum Gasteiger partial charge on any atom is -0.349 e. The molecule has 4 nitrogen and oxygen atoms in total. The van der Waals surface area contributed by atoms with Gasteiger partial charge < -0.3 is 10.2 Å². The molecule has 0 spiro atoms. The van der Waals surface area contributed by atoms with Crippen LogP contribution in [-0.2, 0) is 4.79 Å². The van der Waals surface area contributed by atoms with Crippen LogP contribution in [-0.4, -0.2) is 29.8 Å². The first kappa shape index (κ1) is 20.4. The lowest BCUT2D eigenvalue weighted by molar-refractivity contribution is -0.126. The van der Waals surface area contributed by atoms with Gasteiger partial charge in [0.2, 0.25) is 5.91 Å². The van der Waals surface area contributed by atoms with E-state index in [2.05, 4.69) is 5.32 Å². The summed E-state index contributed by atoms with van der Waals surface area (Å²) in [7, 11) is 0. The highest BCUT2D eigenvalue weighted by molar-refractivity contribution is 6.30. The standard InChI is InChI=1S/C25H25ClN2O2/c1-17(20-8-4-9-21(26)16-20)27-24(29)19-12-14-28(15-13-19)25(30)23-11-5-7-18-6-2-3-10-22(18)23/h2-11,16-17,19H,12-15H2,1H3,(H,27,29)/t17-/m1/s1. The van der Waals surface area contributed by atoms with Gasteiger partial charge in [-0.3, -0.25) is 9.59 Å². The van der Waals surface area contributed by atoms with Crippen molar-refractivity contribution in [3.05, 3.63) is 82.9 Å². The van der Waals surface area contributed by atoms with Gasteiger partial charge in [-0.25, -0.2) is 0 Å². The van der Waals surface area contributed by atoms with Gasteiger partial charge in [0.15, 0.2) is 0 Å². The fourth-order valence-electron chi connectivity index (χ4n) is 4.12. The average molecular weight is 421 g/mol. The SMILES string of the molecule is C[C@@H](NC(=O)C1CCN(C(=O)c2cccc3ccccc23)CC1)c1cccc(Cl)c1. The highest BCUT2D eigenvalue weighted by Crippen LogP contribution is 2.25. The van der Waals surface area contributed by atoms with E-state index in [1.54, 1.807) is 0 Å². The fraction of sp³-hybridized carbons (Fsp3) is 0.280. The summed E-state index contributed by atoms with van der Waals surface area (Å²) in [5.74, 6) is 0.000825. The molecule has 1 atom stereocenters. The van der Waals surface area contributed by atoms with E-state index in [1.807, 2.05) is 78.6 Å². The van der Waals surface area contributed by atoms with Gasteiger partial charge in [0.1, 0.15) is 0 Å². The minimum atomic E-state index is -0.105. The molecular weight excluding hydrogens is 396 g/mol. The molecule has 1 heterocycles. The Morgan fingerprint density at radius 3 is 2.47 bits per heavy atom. The summed E-state index contributed by atoms with van der Waals surface area (Å²) in [6.07, 6.45) is 1.34. The second-order valence-electron chi connectivity index (χ2n) is 7.88. The zero-order valence-corrected chi connectivity index (χ0v) is 17.7. The van der Waals surface area contributed by atoms with Crippen LogP contribution in [0.4, 0.5) is 0 Å². The zero-order chi connectivity index (χ0) is 21.1. The average Bonchev–Trinajstić information content (AvgIpc) is 2.78. The summed E-state index contributed by atoms with van der Waals surface area (Å²) in [5.41, 5.74) is 1.71. The molecule has 0 aromatic heterocycles. The summed E-state index contributed by atoms with van der Waals surface area (Å²) < 4.78 is 0. The predicted molar refractivity (Wildman–Crippen MR) is 121 cm³/mol. The van der Waals surface area contributed by atoms with Gasteiger partial charge in [0.25, 0.3) is 5.91 Å². The van der Waals surface area contributed by atoms with Gasteiger partial charge in [0, 0.05) is 29.6 Å². The first-order chi connectivity index (χ1) is 14.5. The molecular formula is C25H25ClN2O2. The molecule has 0 aliphatic carbocycles. The largest absolute Gasteiger partial charge is 0.349 e. The van der Waals surface area contributed by atoms with E-state index in [1.165, 1.54) is 0 Å². The van der Waals surface area contributed by atoms with E-state index in [-0.39, 0.29) is 23.8 Å². The van der Waals surface area contributed by atoms with Crippen LogP contribution in [0.2, 0.25) is 5.02 Å². The first-order valence-corrected chi connectivity index (χ1v) is 10.7. The van der Waals surface area contributed by atoms with Crippen molar-refractivity contribution in [3.63, 3.8) is 0 Å². The molecule has 30 heavy (non-hydrogen) atoms. The molecule has 4 rings (SSSR count). The molecule has 2 amide bonds. The van der Waals surface area contributed by atoms with E-state index in [9.17, 15) is 9.59 Å². The predicted octanol–water partition coefficient (Wildman–Crippen LogP) is 5.22. The Hall–Kier alpha value is -2.85.